The van der Waals surface area contributed by atoms with Crippen LogP contribution in [0.5, 0.6) is 0 Å². The van der Waals surface area contributed by atoms with Crippen molar-refractivity contribution in [2.45, 2.75) is 0 Å². The van der Waals surface area contributed by atoms with Crippen molar-refractivity contribution in [2.24, 2.45) is 4.99 Å². The van der Waals surface area contributed by atoms with Crippen molar-refractivity contribution in [3.8, 4) is 0 Å². The topological polar surface area (TPSA) is 49.7 Å². The Morgan fingerprint density at radius 1 is 1.58 bits per heavy atom. The average Bonchev–Trinajstić information content (AvgIpc) is 2.01. The molecule has 1 aromatic carbocycles. The number of rotatable bonds is 1. The van der Waals surface area contributed by atoms with E-state index >= 15 is 0 Å². The van der Waals surface area contributed by atoms with Crippen LogP contribution in [0.3, 0.4) is 0 Å². The summed E-state index contributed by atoms with van der Waals surface area (Å²) in [5.74, 6) is -0.413. The Hall–Kier alpha value is -1.71. The number of nitrogens with zero attached hydrogens (tertiary/aromatic N) is 1. The normalized spacial score (nSPS) is 10.4. The third-order valence-electron chi connectivity index (χ3n) is 1.17. The highest BCUT2D eigenvalue weighted by atomic mass is 19.1. The van der Waals surface area contributed by atoms with Crippen LogP contribution in [0.1, 0.15) is 5.56 Å². The zero-order valence-corrected chi connectivity index (χ0v) is 6.07. The number of halogens is 1. The van der Waals surface area contributed by atoms with E-state index in [4.69, 9.17) is 5.11 Å². The number of benzene rings is 1. The maximum Gasteiger partial charge on any atom is 0.431 e. The van der Waals surface area contributed by atoms with Crippen LogP contribution < -0.4 is 0 Å². The zero-order valence-electron chi connectivity index (χ0n) is 6.07. The number of hydrogen-bond acceptors (Lipinski definition) is 1. The summed E-state index contributed by atoms with van der Waals surface area (Å²) in [5, 5.41) is 8.15. The van der Waals surface area contributed by atoms with Crippen LogP contribution in [-0.2, 0) is 0 Å². The lowest BCUT2D eigenvalue weighted by molar-refractivity contribution is 0.206. The first-order valence-electron chi connectivity index (χ1n) is 3.21. The second-order valence-electron chi connectivity index (χ2n) is 2.10. The highest BCUT2D eigenvalue weighted by Gasteiger charge is 1.92. The largest absolute Gasteiger partial charge is 0.463 e. The minimum atomic E-state index is -1.29. The Bertz CT molecular complexity index is 323. The van der Waals surface area contributed by atoms with Gasteiger partial charge in [-0.3, -0.25) is 0 Å². The van der Waals surface area contributed by atoms with Gasteiger partial charge in [0, 0.05) is 6.21 Å². The van der Waals surface area contributed by atoms with E-state index in [-0.39, 0.29) is 0 Å². The molecule has 0 saturated heterocycles. The third-order valence-corrected chi connectivity index (χ3v) is 1.17. The molecule has 0 spiro atoms. The van der Waals surface area contributed by atoms with Gasteiger partial charge in [0.25, 0.3) is 0 Å². The number of carbonyl (C=O) groups is 1. The number of amides is 1. The Morgan fingerprint density at radius 2 is 2.33 bits per heavy atom. The molecule has 0 saturated carbocycles. The molecule has 3 nitrogen and oxygen atoms in total. The lowest BCUT2D eigenvalue weighted by Gasteiger charge is -1.90. The molecular formula is C8H6FNO2. The number of hydrogen-bond donors (Lipinski definition) is 1. The van der Waals surface area contributed by atoms with Crippen LogP contribution in [0.15, 0.2) is 29.3 Å². The van der Waals surface area contributed by atoms with Gasteiger partial charge >= 0.3 is 6.09 Å². The molecule has 0 aliphatic carbocycles. The van der Waals surface area contributed by atoms with Gasteiger partial charge in [-0.2, -0.15) is 4.99 Å². The van der Waals surface area contributed by atoms with Gasteiger partial charge in [0.05, 0.1) is 0 Å². The second kappa shape index (κ2) is 3.61. The first kappa shape index (κ1) is 8.39. The van der Waals surface area contributed by atoms with Gasteiger partial charge < -0.3 is 5.11 Å². The lowest BCUT2D eigenvalue weighted by atomic mass is 10.2. The van der Waals surface area contributed by atoms with Crippen molar-refractivity contribution in [3.63, 3.8) is 0 Å². The molecule has 0 aromatic heterocycles. The molecule has 12 heavy (non-hydrogen) atoms. The van der Waals surface area contributed by atoms with Crippen LogP contribution in [0.2, 0.25) is 0 Å². The Balaban J connectivity index is 2.83. The van der Waals surface area contributed by atoms with E-state index in [0.717, 1.165) is 6.21 Å². The SMILES string of the molecule is O=C(O)/N=C/c1cccc(F)c1. The van der Waals surface area contributed by atoms with Gasteiger partial charge in [0.2, 0.25) is 0 Å². The van der Waals surface area contributed by atoms with Gasteiger partial charge in [0.15, 0.2) is 0 Å². The van der Waals surface area contributed by atoms with E-state index in [0.29, 0.717) is 5.56 Å². The molecule has 0 bridgehead atoms. The lowest BCUT2D eigenvalue weighted by Crippen LogP contribution is -1.88. The number of carboxylic acid groups (broad SMARTS) is 1. The molecule has 1 N–H and O–H groups in total. The fourth-order valence-electron chi connectivity index (χ4n) is 0.717. The molecule has 0 aliphatic rings. The molecule has 0 radical (unpaired) electrons. The van der Waals surface area contributed by atoms with Crippen molar-refractivity contribution in [1.82, 2.24) is 0 Å². The van der Waals surface area contributed by atoms with E-state index in [1.54, 1.807) is 6.07 Å². The van der Waals surface area contributed by atoms with E-state index in [1.807, 2.05) is 0 Å². The monoisotopic (exact) mass is 167 g/mol. The fourth-order valence-corrected chi connectivity index (χ4v) is 0.717. The van der Waals surface area contributed by atoms with Crippen molar-refractivity contribution < 1.29 is 14.3 Å². The first-order valence-corrected chi connectivity index (χ1v) is 3.21. The number of aliphatic imine (C=N–C) groups is 1. The van der Waals surface area contributed by atoms with Crippen LogP contribution >= 0.6 is 0 Å². The van der Waals surface area contributed by atoms with Crippen molar-refractivity contribution in [2.75, 3.05) is 0 Å². The summed E-state index contributed by atoms with van der Waals surface area (Å²) in [5.41, 5.74) is 0.428. The first-order chi connectivity index (χ1) is 5.68. The predicted molar refractivity (Wildman–Crippen MR) is 42.0 cm³/mol. The minimum Gasteiger partial charge on any atom is -0.463 e. The van der Waals surface area contributed by atoms with Crippen LogP contribution in [-0.4, -0.2) is 17.4 Å². The van der Waals surface area contributed by atoms with Crippen LogP contribution in [0.4, 0.5) is 9.18 Å². The standard InChI is InChI=1S/C8H6FNO2/c9-7-3-1-2-6(4-7)5-10-8(11)12/h1-5H,(H,11,12)/b10-5+. The Morgan fingerprint density at radius 3 is 2.92 bits per heavy atom. The summed E-state index contributed by atoms with van der Waals surface area (Å²) in [4.78, 5) is 13.0. The molecule has 4 heteroatoms. The Labute approximate surface area is 68.2 Å². The highest BCUT2D eigenvalue weighted by molar-refractivity contribution is 5.88. The molecule has 0 fully saturated rings. The summed E-state index contributed by atoms with van der Waals surface area (Å²) in [7, 11) is 0. The zero-order chi connectivity index (χ0) is 8.97. The van der Waals surface area contributed by atoms with Crippen molar-refractivity contribution in [3.05, 3.63) is 35.6 Å². The van der Waals surface area contributed by atoms with Gasteiger partial charge in [-0.1, -0.05) is 12.1 Å². The minimum absolute atomic E-state index is 0.413. The molecule has 0 unspecified atom stereocenters. The molecule has 0 atom stereocenters. The fraction of sp³-hybridized carbons (Fsp3) is 0. The third kappa shape index (κ3) is 2.49. The van der Waals surface area contributed by atoms with Gasteiger partial charge in [-0.25, -0.2) is 9.18 Å². The summed E-state index contributed by atoms with van der Waals surface area (Å²) in [6, 6.07) is 5.53. The quantitative estimate of drug-likeness (QED) is 0.649. The highest BCUT2D eigenvalue weighted by Crippen LogP contribution is 2.00. The van der Waals surface area contributed by atoms with Gasteiger partial charge in [-0.05, 0) is 17.7 Å². The average molecular weight is 167 g/mol. The van der Waals surface area contributed by atoms with E-state index in [2.05, 4.69) is 4.99 Å². The predicted octanol–water partition coefficient (Wildman–Crippen LogP) is 1.92. The summed E-state index contributed by atoms with van der Waals surface area (Å²) in [6.45, 7) is 0. The van der Waals surface area contributed by atoms with Crippen molar-refractivity contribution >= 4 is 12.3 Å². The van der Waals surface area contributed by atoms with Crippen molar-refractivity contribution in [1.29, 1.82) is 0 Å². The van der Waals surface area contributed by atoms with Crippen LogP contribution in [0, 0.1) is 5.82 Å². The van der Waals surface area contributed by atoms with Gasteiger partial charge in [-0.15, -0.1) is 0 Å². The molecule has 1 amide bonds. The molecular weight excluding hydrogens is 161 g/mol. The smallest absolute Gasteiger partial charge is 0.431 e. The van der Waals surface area contributed by atoms with E-state index in [1.165, 1.54) is 18.2 Å². The Kier molecular flexibility index (Phi) is 2.53. The van der Waals surface area contributed by atoms with E-state index in [9.17, 15) is 9.18 Å². The van der Waals surface area contributed by atoms with Crippen LogP contribution in [0.25, 0.3) is 0 Å². The summed E-state index contributed by atoms with van der Waals surface area (Å²) >= 11 is 0. The summed E-state index contributed by atoms with van der Waals surface area (Å²) in [6.07, 6.45) is -0.204. The molecule has 1 aromatic rings. The molecule has 1 rings (SSSR count). The van der Waals surface area contributed by atoms with Gasteiger partial charge in [0.1, 0.15) is 5.82 Å². The molecule has 0 heterocycles. The maximum atomic E-state index is 12.5. The molecule has 62 valence electrons. The van der Waals surface area contributed by atoms with E-state index < -0.39 is 11.9 Å². The maximum absolute atomic E-state index is 12.5. The summed E-state index contributed by atoms with van der Waals surface area (Å²) < 4.78 is 12.5. The second-order valence-corrected chi connectivity index (χ2v) is 2.10. The molecule has 0 aliphatic heterocycles.